The van der Waals surface area contributed by atoms with Gasteiger partial charge in [-0.15, -0.1) is 0 Å². The van der Waals surface area contributed by atoms with Crippen LogP contribution < -0.4 is 11.1 Å². The van der Waals surface area contributed by atoms with Crippen molar-refractivity contribution < 1.29 is 4.79 Å². The van der Waals surface area contributed by atoms with E-state index >= 15 is 0 Å². The van der Waals surface area contributed by atoms with E-state index in [1.807, 2.05) is 43.5 Å². The van der Waals surface area contributed by atoms with Crippen LogP contribution in [0.3, 0.4) is 0 Å². The second-order valence-corrected chi connectivity index (χ2v) is 8.37. The lowest BCUT2D eigenvalue weighted by molar-refractivity contribution is 0.172. The Hall–Kier alpha value is -3.45. The lowest BCUT2D eigenvalue weighted by Crippen LogP contribution is -2.36. The Bertz CT molecular complexity index is 1120. The molecule has 1 saturated heterocycles. The summed E-state index contributed by atoms with van der Waals surface area (Å²) < 4.78 is 0. The van der Waals surface area contributed by atoms with Gasteiger partial charge in [-0.25, -0.2) is 9.78 Å². The molecule has 158 valence electrons. The van der Waals surface area contributed by atoms with Crippen molar-refractivity contribution in [2.24, 2.45) is 0 Å². The molecule has 2 aromatic heterocycles. The summed E-state index contributed by atoms with van der Waals surface area (Å²) in [5.41, 5.74) is 12.7. The number of amides is 2. The quantitative estimate of drug-likeness (QED) is 0.678. The number of nitrogens with zero attached hydrogens (tertiary/aromatic N) is 4. The number of nitrogens with two attached hydrogens (primary N) is 1. The minimum absolute atomic E-state index is 0.220. The highest BCUT2D eigenvalue weighted by Crippen LogP contribution is 2.26. The molecule has 0 unspecified atom stereocenters. The summed E-state index contributed by atoms with van der Waals surface area (Å²) in [6.45, 7) is 6.31. The highest BCUT2D eigenvalue weighted by Gasteiger charge is 2.26. The summed E-state index contributed by atoms with van der Waals surface area (Å²) >= 11 is 0. The maximum Gasteiger partial charge on any atom is 0.323 e. The fraction of sp³-hybridized carbons (Fsp3) is 0.292. The zero-order valence-corrected chi connectivity index (χ0v) is 17.6. The monoisotopic (exact) mass is 414 g/mol. The van der Waals surface area contributed by atoms with E-state index in [4.69, 9.17) is 5.73 Å². The van der Waals surface area contributed by atoms with Gasteiger partial charge in [0, 0.05) is 24.8 Å². The molecule has 0 aliphatic carbocycles. The second kappa shape index (κ2) is 8.00. The first-order chi connectivity index (χ1) is 15.0. The molecule has 0 spiro atoms. The zero-order chi connectivity index (χ0) is 21.4. The number of nitrogen functional groups attached to an aromatic ring is 1. The van der Waals surface area contributed by atoms with Gasteiger partial charge in [-0.05, 0) is 55.8 Å². The number of hydrogen-bond donors (Lipinski definition) is 2. The Balaban J connectivity index is 1.28. The highest BCUT2D eigenvalue weighted by molar-refractivity contribution is 5.92. The number of aromatic nitrogens is 2. The minimum atomic E-state index is -0.220. The largest absolute Gasteiger partial charge is 0.396 e. The Morgan fingerprint density at radius 2 is 1.94 bits per heavy atom. The van der Waals surface area contributed by atoms with Crippen LogP contribution in [0.1, 0.15) is 28.8 Å². The SMILES string of the molecule is Cc1ccc(-c2ccc(N)c(NC(=O)N3Cc4cc(CN5CCC5)cnc4C3)n2)cc1. The first-order valence-electron chi connectivity index (χ1n) is 10.6. The molecular weight excluding hydrogens is 388 g/mol. The second-order valence-electron chi connectivity index (χ2n) is 8.37. The topological polar surface area (TPSA) is 87.4 Å². The van der Waals surface area contributed by atoms with Crippen molar-refractivity contribution in [2.45, 2.75) is 33.0 Å². The van der Waals surface area contributed by atoms with Crippen molar-refractivity contribution in [2.75, 3.05) is 24.1 Å². The maximum absolute atomic E-state index is 12.9. The highest BCUT2D eigenvalue weighted by atomic mass is 16.2. The molecular formula is C24H26N6O. The Morgan fingerprint density at radius 3 is 2.68 bits per heavy atom. The van der Waals surface area contributed by atoms with Gasteiger partial charge in [0.2, 0.25) is 0 Å². The van der Waals surface area contributed by atoms with Crippen molar-refractivity contribution in [3.63, 3.8) is 0 Å². The van der Waals surface area contributed by atoms with E-state index in [0.717, 1.165) is 42.1 Å². The van der Waals surface area contributed by atoms with Crippen LogP contribution in [0.4, 0.5) is 16.3 Å². The van der Waals surface area contributed by atoms with Crippen molar-refractivity contribution >= 4 is 17.5 Å². The van der Waals surface area contributed by atoms with E-state index in [1.165, 1.54) is 17.5 Å². The van der Waals surface area contributed by atoms with E-state index in [9.17, 15) is 4.79 Å². The molecule has 7 nitrogen and oxygen atoms in total. The molecule has 1 fully saturated rings. The third-order valence-electron chi connectivity index (χ3n) is 5.96. The van der Waals surface area contributed by atoms with Crippen LogP contribution in [-0.2, 0) is 19.6 Å². The van der Waals surface area contributed by atoms with Crippen molar-refractivity contribution in [3.05, 3.63) is 71.0 Å². The number of aryl methyl sites for hydroxylation is 1. The molecule has 0 bridgehead atoms. The number of carbonyl (C=O) groups is 1. The molecule has 2 aliphatic rings. The Morgan fingerprint density at radius 1 is 1.13 bits per heavy atom. The van der Waals surface area contributed by atoms with E-state index in [2.05, 4.69) is 26.3 Å². The Kier molecular flexibility index (Phi) is 5.03. The molecule has 31 heavy (non-hydrogen) atoms. The third kappa shape index (κ3) is 4.09. The summed E-state index contributed by atoms with van der Waals surface area (Å²) in [6.07, 6.45) is 3.21. The number of pyridine rings is 2. The summed E-state index contributed by atoms with van der Waals surface area (Å²) in [5.74, 6) is 0.380. The number of urea groups is 1. The van der Waals surface area contributed by atoms with Gasteiger partial charge in [0.15, 0.2) is 5.82 Å². The van der Waals surface area contributed by atoms with Gasteiger partial charge < -0.3 is 10.6 Å². The average Bonchev–Trinajstić information content (AvgIpc) is 3.16. The normalized spacial score (nSPS) is 15.5. The summed E-state index contributed by atoms with van der Waals surface area (Å²) in [4.78, 5) is 26.3. The number of rotatable bonds is 4. The van der Waals surface area contributed by atoms with Gasteiger partial charge in [-0.1, -0.05) is 29.8 Å². The van der Waals surface area contributed by atoms with E-state index < -0.39 is 0 Å². The third-order valence-corrected chi connectivity index (χ3v) is 5.96. The molecule has 4 heterocycles. The fourth-order valence-electron chi connectivity index (χ4n) is 3.97. The standard InChI is InChI=1S/C24H26N6O/c1-16-3-5-18(6-4-16)21-8-7-20(25)23(27-21)28-24(31)30-14-19-11-17(12-26-22(19)15-30)13-29-9-2-10-29/h3-8,11-12H,2,9-10,13-15,25H2,1H3,(H,27,28,31). The van der Waals surface area contributed by atoms with Crippen LogP contribution in [0, 0.1) is 6.92 Å². The molecule has 2 amide bonds. The summed E-state index contributed by atoms with van der Waals surface area (Å²) in [6, 6.07) is 13.7. The number of nitrogens with one attached hydrogen (secondary N) is 1. The summed E-state index contributed by atoms with van der Waals surface area (Å²) in [5, 5.41) is 2.89. The zero-order valence-electron chi connectivity index (χ0n) is 17.6. The molecule has 0 atom stereocenters. The molecule has 2 aliphatic heterocycles. The lowest BCUT2D eigenvalue weighted by Gasteiger charge is -2.30. The van der Waals surface area contributed by atoms with E-state index in [0.29, 0.717) is 24.6 Å². The smallest absolute Gasteiger partial charge is 0.323 e. The molecule has 0 saturated carbocycles. The van der Waals surface area contributed by atoms with Gasteiger partial charge >= 0.3 is 6.03 Å². The first kappa shape index (κ1) is 19.5. The number of fused-ring (bicyclic) bond motifs is 1. The Labute approximate surface area is 181 Å². The van der Waals surface area contributed by atoms with E-state index in [-0.39, 0.29) is 6.03 Å². The predicted molar refractivity (Wildman–Crippen MR) is 121 cm³/mol. The molecule has 3 aromatic rings. The van der Waals surface area contributed by atoms with Crippen LogP contribution in [0.2, 0.25) is 0 Å². The predicted octanol–water partition coefficient (Wildman–Crippen LogP) is 3.79. The number of hydrogen-bond acceptors (Lipinski definition) is 5. The van der Waals surface area contributed by atoms with Gasteiger partial charge in [0.1, 0.15) is 0 Å². The number of benzene rings is 1. The fourth-order valence-corrected chi connectivity index (χ4v) is 3.97. The molecule has 5 rings (SSSR count). The van der Waals surface area contributed by atoms with Gasteiger partial charge in [0.05, 0.1) is 23.6 Å². The van der Waals surface area contributed by atoms with Gasteiger partial charge in [-0.3, -0.25) is 15.2 Å². The molecule has 0 radical (unpaired) electrons. The van der Waals surface area contributed by atoms with Crippen LogP contribution >= 0.6 is 0 Å². The van der Waals surface area contributed by atoms with Crippen molar-refractivity contribution in [3.8, 4) is 11.3 Å². The van der Waals surface area contributed by atoms with Crippen LogP contribution in [0.5, 0.6) is 0 Å². The van der Waals surface area contributed by atoms with Crippen LogP contribution in [0.25, 0.3) is 11.3 Å². The first-order valence-corrected chi connectivity index (χ1v) is 10.6. The van der Waals surface area contributed by atoms with Crippen molar-refractivity contribution in [1.82, 2.24) is 19.8 Å². The average molecular weight is 415 g/mol. The number of likely N-dealkylation sites (tertiary alicyclic amines) is 1. The van der Waals surface area contributed by atoms with Crippen LogP contribution in [-0.4, -0.2) is 38.9 Å². The van der Waals surface area contributed by atoms with Gasteiger partial charge in [-0.2, -0.15) is 0 Å². The van der Waals surface area contributed by atoms with E-state index in [1.54, 1.807) is 11.0 Å². The van der Waals surface area contributed by atoms with Crippen molar-refractivity contribution in [1.29, 1.82) is 0 Å². The molecule has 3 N–H and O–H groups in total. The lowest BCUT2D eigenvalue weighted by atomic mass is 10.1. The number of anilines is 2. The number of carbonyl (C=O) groups excluding carboxylic acids is 1. The molecule has 7 heteroatoms. The minimum Gasteiger partial charge on any atom is -0.396 e. The molecule has 1 aromatic carbocycles. The van der Waals surface area contributed by atoms with Crippen LogP contribution in [0.15, 0.2) is 48.7 Å². The van der Waals surface area contributed by atoms with Gasteiger partial charge in [0.25, 0.3) is 0 Å². The summed E-state index contributed by atoms with van der Waals surface area (Å²) in [7, 11) is 0. The maximum atomic E-state index is 12.9.